The SMILES string of the molecule is CCc1cccc(CC)c1-c1cn2c3cc4nccnc4cc3c3ccccc3c2n1. The number of hydrogen-bond donors (Lipinski definition) is 0. The van der Waals surface area contributed by atoms with Crippen LogP contribution in [0.5, 0.6) is 0 Å². The molecule has 0 bridgehead atoms. The minimum atomic E-state index is 0.894. The van der Waals surface area contributed by atoms with Gasteiger partial charge >= 0.3 is 0 Å². The Morgan fingerprint density at radius 3 is 2.13 bits per heavy atom. The van der Waals surface area contributed by atoms with Crippen molar-refractivity contribution in [1.82, 2.24) is 19.4 Å². The molecule has 0 atom stereocenters. The smallest absolute Gasteiger partial charge is 0.145 e. The fourth-order valence-corrected chi connectivity index (χ4v) is 4.77. The summed E-state index contributed by atoms with van der Waals surface area (Å²) >= 11 is 0. The number of hydrogen-bond acceptors (Lipinski definition) is 3. The number of rotatable bonds is 3. The average Bonchev–Trinajstić information content (AvgIpc) is 3.28. The van der Waals surface area contributed by atoms with Crippen LogP contribution in [0, 0.1) is 0 Å². The van der Waals surface area contributed by atoms with Gasteiger partial charge in [0.05, 0.1) is 22.2 Å². The van der Waals surface area contributed by atoms with Crippen molar-refractivity contribution in [3.63, 3.8) is 0 Å². The molecule has 0 N–H and O–H groups in total. The van der Waals surface area contributed by atoms with Crippen molar-refractivity contribution in [3.05, 3.63) is 84.3 Å². The predicted molar refractivity (Wildman–Crippen MR) is 127 cm³/mol. The van der Waals surface area contributed by atoms with E-state index in [1.54, 1.807) is 12.4 Å². The van der Waals surface area contributed by atoms with Gasteiger partial charge in [0.25, 0.3) is 0 Å². The van der Waals surface area contributed by atoms with Crippen molar-refractivity contribution in [2.24, 2.45) is 0 Å². The number of nitrogens with zero attached hydrogens (tertiary/aromatic N) is 4. The van der Waals surface area contributed by atoms with Crippen LogP contribution in [-0.4, -0.2) is 19.4 Å². The minimum absolute atomic E-state index is 0.894. The maximum atomic E-state index is 5.19. The second kappa shape index (κ2) is 6.88. The lowest BCUT2D eigenvalue weighted by Gasteiger charge is -2.10. The molecule has 3 heterocycles. The number of aromatic nitrogens is 4. The third-order valence-electron chi connectivity index (χ3n) is 6.27. The maximum absolute atomic E-state index is 5.19. The monoisotopic (exact) mass is 402 g/mol. The summed E-state index contributed by atoms with van der Waals surface area (Å²) in [7, 11) is 0. The second-order valence-corrected chi connectivity index (χ2v) is 7.94. The predicted octanol–water partition coefficient (Wildman–Crippen LogP) is 6.38. The third kappa shape index (κ3) is 2.65. The molecule has 0 saturated heterocycles. The Balaban J connectivity index is 1.79. The summed E-state index contributed by atoms with van der Waals surface area (Å²) in [6.07, 6.45) is 7.66. The molecule has 31 heavy (non-hydrogen) atoms. The van der Waals surface area contributed by atoms with Crippen LogP contribution in [0.3, 0.4) is 0 Å². The van der Waals surface area contributed by atoms with Crippen LogP contribution in [0.1, 0.15) is 25.0 Å². The first-order chi connectivity index (χ1) is 15.3. The van der Waals surface area contributed by atoms with Crippen LogP contribution < -0.4 is 0 Å². The Morgan fingerprint density at radius 2 is 1.42 bits per heavy atom. The van der Waals surface area contributed by atoms with E-state index in [-0.39, 0.29) is 0 Å². The highest BCUT2D eigenvalue weighted by Crippen LogP contribution is 2.35. The normalized spacial score (nSPS) is 11.8. The first-order valence-electron chi connectivity index (χ1n) is 10.8. The van der Waals surface area contributed by atoms with Crippen molar-refractivity contribution >= 4 is 38.4 Å². The van der Waals surface area contributed by atoms with E-state index in [9.17, 15) is 0 Å². The zero-order chi connectivity index (χ0) is 20.9. The summed E-state index contributed by atoms with van der Waals surface area (Å²) in [6, 6.07) is 19.4. The van der Waals surface area contributed by atoms with Gasteiger partial charge < -0.3 is 0 Å². The summed E-state index contributed by atoms with van der Waals surface area (Å²) in [6.45, 7) is 4.42. The van der Waals surface area contributed by atoms with Crippen LogP contribution in [-0.2, 0) is 12.8 Å². The number of fused-ring (bicyclic) bond motifs is 7. The highest BCUT2D eigenvalue weighted by Gasteiger charge is 2.17. The van der Waals surface area contributed by atoms with E-state index in [0.29, 0.717) is 0 Å². The van der Waals surface area contributed by atoms with Crippen LogP contribution in [0.15, 0.2) is 73.2 Å². The standard InChI is InChI=1S/C27H22N4/c1-3-17-8-7-9-18(4-2)26(17)24-16-31-25-15-23-22(28-12-13-29-23)14-21(25)19-10-5-6-11-20(19)27(31)30-24/h5-16H,3-4H2,1-2H3. The number of benzene rings is 3. The van der Waals surface area contributed by atoms with E-state index in [0.717, 1.165) is 46.1 Å². The topological polar surface area (TPSA) is 43.1 Å². The number of imidazole rings is 1. The first-order valence-corrected chi connectivity index (χ1v) is 10.8. The van der Waals surface area contributed by atoms with Crippen LogP contribution in [0.2, 0.25) is 0 Å². The van der Waals surface area contributed by atoms with Gasteiger partial charge in [-0.2, -0.15) is 0 Å². The van der Waals surface area contributed by atoms with E-state index >= 15 is 0 Å². The van der Waals surface area contributed by atoms with Gasteiger partial charge in [0.2, 0.25) is 0 Å². The average molecular weight is 403 g/mol. The summed E-state index contributed by atoms with van der Waals surface area (Å²) in [5.74, 6) is 0. The summed E-state index contributed by atoms with van der Waals surface area (Å²) < 4.78 is 2.23. The van der Waals surface area contributed by atoms with Gasteiger partial charge in [0, 0.05) is 34.9 Å². The van der Waals surface area contributed by atoms with E-state index < -0.39 is 0 Å². The van der Waals surface area contributed by atoms with Crippen molar-refractivity contribution in [2.45, 2.75) is 26.7 Å². The molecule has 150 valence electrons. The fourth-order valence-electron chi connectivity index (χ4n) is 4.77. The molecule has 0 spiro atoms. The van der Waals surface area contributed by atoms with Gasteiger partial charge in [0.1, 0.15) is 5.65 Å². The summed E-state index contributed by atoms with van der Waals surface area (Å²) in [5.41, 5.74) is 8.87. The lowest BCUT2D eigenvalue weighted by atomic mass is 9.95. The van der Waals surface area contributed by atoms with Gasteiger partial charge in [-0.05, 0) is 41.5 Å². The van der Waals surface area contributed by atoms with E-state index in [2.05, 4.69) is 89.0 Å². The van der Waals surface area contributed by atoms with E-state index in [1.807, 2.05) is 0 Å². The van der Waals surface area contributed by atoms with Crippen LogP contribution in [0.4, 0.5) is 0 Å². The zero-order valence-electron chi connectivity index (χ0n) is 17.6. The zero-order valence-corrected chi connectivity index (χ0v) is 17.6. The number of aryl methyl sites for hydroxylation is 2. The molecular formula is C27H22N4. The minimum Gasteiger partial charge on any atom is -0.298 e. The molecule has 4 nitrogen and oxygen atoms in total. The maximum Gasteiger partial charge on any atom is 0.145 e. The molecule has 0 aliphatic rings. The number of pyridine rings is 1. The molecule has 0 unspecified atom stereocenters. The third-order valence-corrected chi connectivity index (χ3v) is 6.27. The van der Waals surface area contributed by atoms with E-state index in [1.165, 1.54) is 27.5 Å². The van der Waals surface area contributed by atoms with Gasteiger partial charge in [-0.15, -0.1) is 0 Å². The van der Waals surface area contributed by atoms with Crippen molar-refractivity contribution in [1.29, 1.82) is 0 Å². The Kier molecular flexibility index (Phi) is 4.00. The van der Waals surface area contributed by atoms with E-state index in [4.69, 9.17) is 4.98 Å². The second-order valence-electron chi connectivity index (χ2n) is 7.94. The molecule has 0 amide bonds. The van der Waals surface area contributed by atoms with Gasteiger partial charge in [-0.3, -0.25) is 14.4 Å². The van der Waals surface area contributed by atoms with Gasteiger partial charge in [0.15, 0.2) is 0 Å². The van der Waals surface area contributed by atoms with Gasteiger partial charge in [-0.25, -0.2) is 4.98 Å². The first kappa shape index (κ1) is 18.0. The quantitative estimate of drug-likeness (QED) is 0.255. The molecule has 4 heteroatoms. The van der Waals surface area contributed by atoms with Gasteiger partial charge in [-0.1, -0.05) is 56.3 Å². The van der Waals surface area contributed by atoms with Crippen LogP contribution >= 0.6 is 0 Å². The largest absolute Gasteiger partial charge is 0.298 e. The molecular weight excluding hydrogens is 380 g/mol. The molecule has 6 aromatic rings. The molecule has 3 aromatic carbocycles. The van der Waals surface area contributed by atoms with Crippen LogP contribution in [0.25, 0.3) is 49.6 Å². The fraction of sp³-hybridized carbons (Fsp3) is 0.148. The molecule has 3 aromatic heterocycles. The van der Waals surface area contributed by atoms with Crippen molar-refractivity contribution < 1.29 is 0 Å². The summed E-state index contributed by atoms with van der Waals surface area (Å²) in [5, 5.41) is 3.50. The molecule has 0 fully saturated rings. The molecule has 0 aliphatic carbocycles. The lowest BCUT2D eigenvalue weighted by molar-refractivity contribution is 1.09. The Bertz CT molecular complexity index is 1590. The Hall–Kier alpha value is -3.79. The summed E-state index contributed by atoms with van der Waals surface area (Å²) in [4.78, 5) is 14.3. The molecule has 0 aliphatic heterocycles. The molecule has 6 rings (SSSR count). The Labute approximate surface area is 180 Å². The van der Waals surface area contributed by atoms with Crippen molar-refractivity contribution in [2.75, 3.05) is 0 Å². The Morgan fingerprint density at radius 1 is 0.742 bits per heavy atom. The highest BCUT2D eigenvalue weighted by atomic mass is 15.0. The molecule has 0 saturated carbocycles. The van der Waals surface area contributed by atoms with Crippen molar-refractivity contribution in [3.8, 4) is 11.3 Å². The molecule has 0 radical (unpaired) electrons. The lowest BCUT2D eigenvalue weighted by Crippen LogP contribution is -1.94. The highest BCUT2D eigenvalue weighted by molar-refractivity contribution is 6.14.